The van der Waals surface area contributed by atoms with Crippen molar-refractivity contribution in [1.82, 2.24) is 10.3 Å². The van der Waals surface area contributed by atoms with E-state index in [9.17, 15) is 9.59 Å². The maximum atomic E-state index is 13.1. The number of hydrogen-bond acceptors (Lipinski definition) is 3. The van der Waals surface area contributed by atoms with Gasteiger partial charge in [-0.15, -0.1) is 0 Å². The zero-order chi connectivity index (χ0) is 21.0. The minimum Gasteiger partial charge on any atom is -0.450 e. The molecule has 1 heterocycles. The first-order valence-electron chi connectivity index (χ1n) is 9.45. The highest BCUT2D eigenvalue weighted by Gasteiger charge is 2.24. The largest absolute Gasteiger partial charge is 0.450 e. The van der Waals surface area contributed by atoms with Gasteiger partial charge < -0.3 is 20.4 Å². The Bertz CT molecular complexity index is 1040. The van der Waals surface area contributed by atoms with Crippen molar-refractivity contribution >= 4 is 44.5 Å². The number of carbonyl (C=O) groups is 2. The smallest absolute Gasteiger partial charge is 0.407 e. The van der Waals surface area contributed by atoms with Crippen LogP contribution < -0.4 is 10.6 Å². The number of hydrogen-bond donors (Lipinski definition) is 3. The van der Waals surface area contributed by atoms with Crippen LogP contribution in [0.1, 0.15) is 23.6 Å². The fourth-order valence-electron chi connectivity index (χ4n) is 3.14. The van der Waals surface area contributed by atoms with Gasteiger partial charge in [-0.2, -0.15) is 0 Å². The van der Waals surface area contributed by atoms with Crippen LogP contribution in [0.4, 0.5) is 10.5 Å². The molecule has 0 radical (unpaired) electrons. The summed E-state index contributed by atoms with van der Waals surface area (Å²) in [5.74, 6) is -0.313. The van der Waals surface area contributed by atoms with E-state index in [1.165, 1.54) is 0 Å². The van der Waals surface area contributed by atoms with Crippen LogP contribution in [0, 0.1) is 13.8 Å². The van der Waals surface area contributed by atoms with Gasteiger partial charge in [-0.05, 0) is 71.6 Å². The number of anilines is 1. The molecule has 152 valence electrons. The van der Waals surface area contributed by atoms with Gasteiger partial charge >= 0.3 is 6.09 Å². The van der Waals surface area contributed by atoms with Crippen LogP contribution in [0.2, 0.25) is 0 Å². The normalized spacial score (nSPS) is 11.9. The SMILES string of the molecule is CCOC(=O)N[C@H](Cc1c[nH]c2ccccc12)C(=O)Nc1cc(C)c(C)cc1Br. The van der Waals surface area contributed by atoms with Gasteiger partial charge in [0.25, 0.3) is 0 Å². The molecular weight excluding hydrogens is 434 g/mol. The summed E-state index contributed by atoms with van der Waals surface area (Å²) in [7, 11) is 0. The molecule has 3 rings (SSSR count). The number of halogens is 1. The van der Waals surface area contributed by atoms with Crippen molar-refractivity contribution < 1.29 is 14.3 Å². The number of H-pyrrole nitrogens is 1. The molecule has 0 fully saturated rings. The molecule has 0 bridgehead atoms. The number of benzene rings is 2. The number of carbonyl (C=O) groups excluding carboxylic acids is 2. The van der Waals surface area contributed by atoms with Gasteiger partial charge in [-0.1, -0.05) is 18.2 Å². The number of fused-ring (bicyclic) bond motifs is 1. The first kappa shape index (κ1) is 20.9. The number of para-hydroxylation sites is 1. The van der Waals surface area contributed by atoms with Crippen LogP contribution in [0.25, 0.3) is 10.9 Å². The predicted molar refractivity (Wildman–Crippen MR) is 118 cm³/mol. The summed E-state index contributed by atoms with van der Waals surface area (Å²) >= 11 is 3.50. The molecule has 3 N–H and O–H groups in total. The molecule has 7 heteroatoms. The molecule has 0 saturated heterocycles. The molecule has 0 spiro atoms. The Hall–Kier alpha value is -2.80. The molecule has 1 atom stereocenters. The maximum absolute atomic E-state index is 13.1. The summed E-state index contributed by atoms with van der Waals surface area (Å²) in [5.41, 5.74) is 4.77. The maximum Gasteiger partial charge on any atom is 0.407 e. The van der Waals surface area contributed by atoms with Crippen molar-refractivity contribution in [2.45, 2.75) is 33.2 Å². The van der Waals surface area contributed by atoms with Crippen molar-refractivity contribution in [2.75, 3.05) is 11.9 Å². The van der Waals surface area contributed by atoms with Gasteiger partial charge in [-0.3, -0.25) is 4.79 Å². The molecule has 1 aromatic heterocycles. The van der Waals surface area contributed by atoms with Crippen LogP contribution in [0.3, 0.4) is 0 Å². The third-order valence-corrected chi connectivity index (χ3v) is 5.48. The molecule has 0 unspecified atom stereocenters. The number of ether oxygens (including phenoxy) is 1. The summed E-state index contributed by atoms with van der Waals surface area (Å²) in [5, 5.41) is 6.62. The summed E-state index contributed by atoms with van der Waals surface area (Å²) < 4.78 is 5.78. The highest BCUT2D eigenvalue weighted by atomic mass is 79.9. The lowest BCUT2D eigenvalue weighted by Gasteiger charge is -2.19. The van der Waals surface area contributed by atoms with E-state index in [4.69, 9.17) is 4.74 Å². The molecule has 2 amide bonds. The quantitative estimate of drug-likeness (QED) is 0.494. The summed E-state index contributed by atoms with van der Waals surface area (Å²) in [6.07, 6.45) is 1.58. The van der Waals surface area contributed by atoms with Crippen molar-refractivity contribution in [3.05, 3.63) is 63.8 Å². The van der Waals surface area contributed by atoms with E-state index in [2.05, 4.69) is 31.5 Å². The minimum absolute atomic E-state index is 0.232. The van der Waals surface area contributed by atoms with Gasteiger partial charge in [0, 0.05) is 28.0 Å². The first-order chi connectivity index (χ1) is 13.9. The average Bonchev–Trinajstić information content (AvgIpc) is 3.09. The van der Waals surface area contributed by atoms with E-state index in [0.717, 1.165) is 32.1 Å². The first-order valence-corrected chi connectivity index (χ1v) is 10.2. The molecule has 29 heavy (non-hydrogen) atoms. The number of rotatable bonds is 6. The van der Waals surface area contributed by atoms with Crippen LogP contribution in [-0.4, -0.2) is 29.6 Å². The topological polar surface area (TPSA) is 83.2 Å². The lowest BCUT2D eigenvalue weighted by atomic mass is 10.0. The Morgan fingerprint density at radius 3 is 2.66 bits per heavy atom. The Morgan fingerprint density at radius 1 is 1.17 bits per heavy atom. The summed E-state index contributed by atoms with van der Waals surface area (Å²) in [6, 6.07) is 10.9. The molecule has 0 saturated carbocycles. The number of aromatic amines is 1. The van der Waals surface area contributed by atoms with Crippen LogP contribution in [-0.2, 0) is 16.0 Å². The fraction of sp³-hybridized carbons (Fsp3) is 0.273. The van der Waals surface area contributed by atoms with Crippen LogP contribution in [0.15, 0.2) is 47.1 Å². The number of aromatic nitrogens is 1. The van der Waals surface area contributed by atoms with Gasteiger partial charge in [0.1, 0.15) is 6.04 Å². The van der Waals surface area contributed by atoms with E-state index in [-0.39, 0.29) is 12.5 Å². The van der Waals surface area contributed by atoms with E-state index < -0.39 is 12.1 Å². The summed E-state index contributed by atoms with van der Waals surface area (Å²) in [6.45, 7) is 5.95. The molecule has 0 aliphatic rings. The van der Waals surface area contributed by atoms with Gasteiger partial charge in [-0.25, -0.2) is 4.79 Å². The van der Waals surface area contributed by atoms with Crippen molar-refractivity contribution in [1.29, 1.82) is 0 Å². The molecule has 0 aliphatic carbocycles. The zero-order valence-corrected chi connectivity index (χ0v) is 18.2. The van der Waals surface area contributed by atoms with E-state index >= 15 is 0 Å². The second-order valence-electron chi connectivity index (χ2n) is 6.89. The molecule has 0 aliphatic heterocycles. The predicted octanol–water partition coefficient (Wildman–Crippen LogP) is 4.84. The number of alkyl carbamates (subject to hydrolysis) is 1. The second-order valence-corrected chi connectivity index (χ2v) is 7.74. The van der Waals surface area contributed by atoms with E-state index in [0.29, 0.717) is 12.1 Å². The average molecular weight is 458 g/mol. The molecular formula is C22H24BrN3O3. The van der Waals surface area contributed by atoms with Crippen molar-refractivity contribution in [2.24, 2.45) is 0 Å². The van der Waals surface area contributed by atoms with Gasteiger partial charge in [0.15, 0.2) is 0 Å². The Labute approximate surface area is 178 Å². The fourth-order valence-corrected chi connectivity index (χ4v) is 3.70. The number of nitrogens with one attached hydrogen (secondary N) is 3. The highest BCUT2D eigenvalue weighted by Crippen LogP contribution is 2.27. The summed E-state index contributed by atoms with van der Waals surface area (Å²) in [4.78, 5) is 28.3. The van der Waals surface area contributed by atoms with E-state index in [1.54, 1.807) is 6.92 Å². The highest BCUT2D eigenvalue weighted by molar-refractivity contribution is 9.10. The van der Waals surface area contributed by atoms with E-state index in [1.807, 2.05) is 56.4 Å². The lowest BCUT2D eigenvalue weighted by Crippen LogP contribution is -2.45. The van der Waals surface area contributed by atoms with Gasteiger partial charge in [0.2, 0.25) is 5.91 Å². The second kappa shape index (κ2) is 9.13. The third-order valence-electron chi connectivity index (χ3n) is 4.82. The molecule has 3 aromatic rings. The number of amides is 2. The van der Waals surface area contributed by atoms with Crippen LogP contribution in [0.5, 0.6) is 0 Å². The standard InChI is InChI=1S/C22H24BrN3O3/c1-4-29-22(28)26-20(11-15-12-24-18-8-6-5-7-16(15)18)21(27)25-19-10-14(3)13(2)9-17(19)23/h5-10,12,20,24H,4,11H2,1-3H3,(H,25,27)(H,26,28)/t20-/m1/s1. The monoisotopic (exact) mass is 457 g/mol. The third kappa shape index (κ3) is 4.98. The van der Waals surface area contributed by atoms with Crippen molar-refractivity contribution in [3.8, 4) is 0 Å². The Morgan fingerprint density at radius 2 is 1.90 bits per heavy atom. The number of aryl methyl sites for hydroxylation is 2. The molecule has 2 aromatic carbocycles. The van der Waals surface area contributed by atoms with Crippen LogP contribution >= 0.6 is 15.9 Å². The Balaban J connectivity index is 1.85. The minimum atomic E-state index is -0.790. The zero-order valence-electron chi connectivity index (χ0n) is 16.6. The van der Waals surface area contributed by atoms with Crippen molar-refractivity contribution in [3.63, 3.8) is 0 Å². The van der Waals surface area contributed by atoms with Gasteiger partial charge in [0.05, 0.1) is 12.3 Å². The molecule has 6 nitrogen and oxygen atoms in total. The lowest BCUT2D eigenvalue weighted by molar-refractivity contribution is -0.118. The Kier molecular flexibility index (Phi) is 6.59.